The minimum absolute atomic E-state index is 0.114. The molecule has 204 valence electrons. The molecule has 0 unspecified atom stereocenters. The number of hydrogen-bond acceptors (Lipinski definition) is 10. The zero-order valence-electron chi connectivity index (χ0n) is 21.1. The largest absolute Gasteiger partial charge is 0.507 e. The van der Waals surface area contributed by atoms with E-state index in [1.165, 1.54) is 29.4 Å². The Morgan fingerprint density at radius 1 is 1.05 bits per heavy atom. The number of rotatable bonds is 5. The van der Waals surface area contributed by atoms with Crippen LogP contribution in [0.3, 0.4) is 0 Å². The van der Waals surface area contributed by atoms with E-state index in [9.17, 15) is 19.8 Å². The molecule has 12 heteroatoms. The van der Waals surface area contributed by atoms with Gasteiger partial charge in [0.25, 0.3) is 5.78 Å². The number of aliphatic hydroxyl groups is 1. The molecule has 0 saturated carbocycles. The number of aliphatic hydroxyl groups excluding tert-OH is 1. The first-order valence-electron chi connectivity index (χ1n) is 12.0. The van der Waals surface area contributed by atoms with Gasteiger partial charge in [-0.05, 0) is 70.0 Å². The average molecular weight is 625 g/mol. The second-order valence-corrected chi connectivity index (χ2v) is 10.8. The summed E-state index contributed by atoms with van der Waals surface area (Å²) in [7, 11) is 2.94. The number of thiazole rings is 1. The normalized spacial score (nSPS) is 17.9. The first-order chi connectivity index (χ1) is 19.3. The van der Waals surface area contributed by atoms with Crippen LogP contribution >= 0.6 is 27.3 Å². The van der Waals surface area contributed by atoms with Crippen molar-refractivity contribution < 1.29 is 38.7 Å². The summed E-state index contributed by atoms with van der Waals surface area (Å²) in [6.45, 7) is 0.736. The molecular formula is C28H21BrN2O8S. The molecule has 0 bridgehead atoms. The third-order valence-electron chi connectivity index (χ3n) is 6.64. The number of carbonyl (C=O) groups is 2. The SMILES string of the molecule is COc1ccc2nc(N3C(=O)C(=O)C(=C(O)c4ccc5c(c4)OCCO5)[C@H]3c3cc(Br)c(O)c(OC)c3)sc2c1. The third-order valence-corrected chi connectivity index (χ3v) is 8.26. The maximum Gasteiger partial charge on any atom is 0.301 e. The Balaban J connectivity index is 1.57. The van der Waals surface area contributed by atoms with Crippen molar-refractivity contribution in [1.82, 2.24) is 4.98 Å². The van der Waals surface area contributed by atoms with Crippen LogP contribution < -0.4 is 23.8 Å². The van der Waals surface area contributed by atoms with Crippen molar-refractivity contribution in [2.24, 2.45) is 0 Å². The van der Waals surface area contributed by atoms with E-state index in [-0.39, 0.29) is 32.2 Å². The number of anilines is 1. The first kappa shape index (κ1) is 26.0. The Hall–Kier alpha value is -4.29. The van der Waals surface area contributed by atoms with Crippen LogP contribution in [0.2, 0.25) is 0 Å². The summed E-state index contributed by atoms with van der Waals surface area (Å²) in [6, 6.07) is 12.1. The number of benzene rings is 3. The van der Waals surface area contributed by atoms with Gasteiger partial charge in [-0.1, -0.05) is 11.3 Å². The van der Waals surface area contributed by atoms with Crippen LogP contribution in [0.1, 0.15) is 17.2 Å². The van der Waals surface area contributed by atoms with Crippen molar-refractivity contribution in [2.75, 3.05) is 32.3 Å². The van der Waals surface area contributed by atoms with Gasteiger partial charge in [-0.15, -0.1) is 0 Å². The lowest BCUT2D eigenvalue weighted by Gasteiger charge is -2.24. The number of ketones is 1. The molecule has 0 radical (unpaired) electrons. The lowest BCUT2D eigenvalue weighted by atomic mass is 9.95. The van der Waals surface area contributed by atoms with Gasteiger partial charge in [0.2, 0.25) is 0 Å². The van der Waals surface area contributed by atoms with E-state index in [4.69, 9.17) is 18.9 Å². The molecule has 0 aliphatic carbocycles. The molecule has 10 nitrogen and oxygen atoms in total. The fourth-order valence-corrected chi connectivity index (χ4v) is 6.20. The number of phenols is 1. The van der Waals surface area contributed by atoms with E-state index in [1.54, 1.807) is 49.6 Å². The molecule has 40 heavy (non-hydrogen) atoms. The summed E-state index contributed by atoms with van der Waals surface area (Å²) in [4.78, 5) is 33.1. The Morgan fingerprint density at radius 3 is 2.58 bits per heavy atom. The Morgan fingerprint density at radius 2 is 1.82 bits per heavy atom. The zero-order valence-corrected chi connectivity index (χ0v) is 23.5. The van der Waals surface area contributed by atoms with Gasteiger partial charge in [-0.2, -0.15) is 0 Å². The van der Waals surface area contributed by atoms with E-state index in [0.29, 0.717) is 41.5 Å². The van der Waals surface area contributed by atoms with E-state index < -0.39 is 23.5 Å². The molecule has 3 heterocycles. The van der Waals surface area contributed by atoms with E-state index in [1.807, 2.05) is 0 Å². The second-order valence-electron chi connectivity index (χ2n) is 8.91. The minimum atomic E-state index is -1.10. The molecule has 2 aliphatic heterocycles. The molecule has 1 amide bonds. The summed E-state index contributed by atoms with van der Waals surface area (Å²) in [5.41, 5.74) is 1.12. The van der Waals surface area contributed by atoms with Crippen molar-refractivity contribution in [3.63, 3.8) is 0 Å². The zero-order chi connectivity index (χ0) is 28.1. The summed E-state index contributed by atoms with van der Waals surface area (Å²) in [5, 5.41) is 22.2. The molecule has 1 aromatic heterocycles. The molecule has 1 atom stereocenters. The molecule has 1 fully saturated rings. The van der Waals surface area contributed by atoms with Gasteiger partial charge >= 0.3 is 5.91 Å². The standard InChI is InChI=1S/C28H21BrN2O8S/c1-36-15-4-5-17-21(12-15)40-28(30-17)31-23(14-9-16(29)25(33)20(11-14)37-2)22(26(34)27(31)35)24(32)13-3-6-18-19(10-13)39-8-7-38-18/h3-6,9-12,23,32-33H,7-8H2,1-2H3/t23-/m1/s1. The van der Waals surface area contributed by atoms with E-state index in [2.05, 4.69) is 20.9 Å². The number of nitrogens with zero attached hydrogens (tertiary/aromatic N) is 2. The van der Waals surface area contributed by atoms with Crippen LogP contribution in [0.5, 0.6) is 28.7 Å². The fraction of sp³-hybridized carbons (Fsp3) is 0.179. The van der Waals surface area contributed by atoms with Gasteiger partial charge in [-0.25, -0.2) is 4.98 Å². The number of hydrogen-bond donors (Lipinski definition) is 2. The maximum atomic E-state index is 13.6. The predicted octanol–water partition coefficient (Wildman–Crippen LogP) is 5.18. The third kappa shape index (κ3) is 4.20. The number of methoxy groups -OCH3 is 2. The topological polar surface area (TPSA) is 128 Å². The van der Waals surface area contributed by atoms with Crippen LogP contribution in [0.4, 0.5) is 5.13 Å². The molecule has 6 rings (SSSR count). The van der Waals surface area contributed by atoms with Crippen molar-refractivity contribution in [1.29, 1.82) is 0 Å². The van der Waals surface area contributed by atoms with Crippen LogP contribution in [0.15, 0.2) is 58.6 Å². The maximum absolute atomic E-state index is 13.6. The van der Waals surface area contributed by atoms with Gasteiger partial charge in [0.05, 0.1) is 40.5 Å². The summed E-state index contributed by atoms with van der Waals surface area (Å²) < 4.78 is 22.9. The molecule has 4 aromatic rings. The van der Waals surface area contributed by atoms with Gasteiger partial charge in [0.15, 0.2) is 28.1 Å². The van der Waals surface area contributed by atoms with Crippen LogP contribution in [-0.2, 0) is 9.59 Å². The number of ether oxygens (including phenoxy) is 4. The summed E-state index contributed by atoms with van der Waals surface area (Å²) in [5.74, 6) is -0.644. The highest BCUT2D eigenvalue weighted by atomic mass is 79.9. The molecule has 1 saturated heterocycles. The van der Waals surface area contributed by atoms with Crippen molar-refractivity contribution in [3.05, 3.63) is 69.7 Å². The molecule has 2 aliphatic rings. The Kier molecular flexibility index (Phi) is 6.51. The van der Waals surface area contributed by atoms with E-state index in [0.717, 1.165) is 4.70 Å². The number of fused-ring (bicyclic) bond motifs is 2. The second kappa shape index (κ2) is 10.0. The Bertz CT molecular complexity index is 1730. The lowest BCUT2D eigenvalue weighted by molar-refractivity contribution is -0.132. The predicted molar refractivity (Wildman–Crippen MR) is 151 cm³/mol. The van der Waals surface area contributed by atoms with Crippen molar-refractivity contribution >= 4 is 60.1 Å². The smallest absolute Gasteiger partial charge is 0.301 e. The number of halogens is 1. The molecule has 2 N–H and O–H groups in total. The van der Waals surface area contributed by atoms with Crippen LogP contribution in [-0.4, -0.2) is 54.3 Å². The van der Waals surface area contributed by atoms with Gasteiger partial charge in [-0.3, -0.25) is 14.5 Å². The summed E-state index contributed by atoms with van der Waals surface area (Å²) >= 11 is 4.53. The summed E-state index contributed by atoms with van der Waals surface area (Å²) in [6.07, 6.45) is 0. The number of amides is 1. The Labute approximate surface area is 240 Å². The minimum Gasteiger partial charge on any atom is -0.507 e. The number of Topliss-reactive ketones (excluding diaryl/α,β-unsaturated/α-hetero) is 1. The molecule has 3 aromatic carbocycles. The monoisotopic (exact) mass is 624 g/mol. The number of phenolic OH excluding ortho intramolecular Hbond substituents is 1. The average Bonchev–Trinajstić information content (AvgIpc) is 3.51. The van der Waals surface area contributed by atoms with Crippen molar-refractivity contribution in [2.45, 2.75) is 6.04 Å². The molecular weight excluding hydrogens is 604 g/mol. The van der Waals surface area contributed by atoms with Gasteiger partial charge in [0, 0.05) is 5.56 Å². The highest BCUT2D eigenvalue weighted by Gasteiger charge is 2.48. The molecule has 0 spiro atoms. The lowest BCUT2D eigenvalue weighted by Crippen LogP contribution is -2.29. The van der Waals surface area contributed by atoms with Gasteiger partial charge < -0.3 is 29.2 Å². The fourth-order valence-electron chi connectivity index (χ4n) is 4.72. The van der Waals surface area contributed by atoms with Crippen LogP contribution in [0.25, 0.3) is 16.0 Å². The van der Waals surface area contributed by atoms with Gasteiger partial charge in [0.1, 0.15) is 24.7 Å². The van der Waals surface area contributed by atoms with E-state index >= 15 is 0 Å². The number of carbonyl (C=O) groups excluding carboxylic acids is 2. The quantitative estimate of drug-likeness (QED) is 0.175. The number of aromatic hydroxyl groups is 1. The van der Waals surface area contributed by atoms with Crippen LogP contribution in [0, 0.1) is 0 Å². The highest BCUT2D eigenvalue weighted by Crippen LogP contribution is 2.48. The number of aromatic nitrogens is 1. The highest BCUT2D eigenvalue weighted by molar-refractivity contribution is 9.10. The first-order valence-corrected chi connectivity index (χ1v) is 13.6. The van der Waals surface area contributed by atoms with Crippen molar-refractivity contribution in [3.8, 4) is 28.7 Å².